The quantitative estimate of drug-likeness (QED) is 0.467. The van der Waals surface area contributed by atoms with Gasteiger partial charge < -0.3 is 0 Å². The van der Waals surface area contributed by atoms with Crippen molar-refractivity contribution in [2.24, 2.45) is 0 Å². The molecule has 3 rings (SSSR count). The fourth-order valence-electron chi connectivity index (χ4n) is 2.12. The summed E-state index contributed by atoms with van der Waals surface area (Å²) in [5, 5.41) is 0. The van der Waals surface area contributed by atoms with Gasteiger partial charge in [0.1, 0.15) is 17.5 Å². The first-order valence-electron chi connectivity index (χ1n) is 8.67. The molecule has 0 heterocycles. The van der Waals surface area contributed by atoms with Crippen molar-refractivity contribution < 1.29 is 13.2 Å². The van der Waals surface area contributed by atoms with Gasteiger partial charge in [0.2, 0.25) is 0 Å². The van der Waals surface area contributed by atoms with Crippen molar-refractivity contribution in [1.82, 2.24) is 0 Å². The van der Waals surface area contributed by atoms with Gasteiger partial charge >= 0.3 is 0 Å². The Kier molecular flexibility index (Phi) is 9.85. The second-order valence-corrected chi connectivity index (χ2v) is 5.64. The van der Waals surface area contributed by atoms with Gasteiger partial charge in [-0.05, 0) is 54.7 Å². The van der Waals surface area contributed by atoms with Gasteiger partial charge in [0.05, 0.1) is 0 Å². The van der Waals surface area contributed by atoms with Gasteiger partial charge in [0.15, 0.2) is 0 Å². The van der Waals surface area contributed by atoms with Gasteiger partial charge in [-0.2, -0.15) is 0 Å². The van der Waals surface area contributed by atoms with Crippen molar-refractivity contribution in [2.45, 2.75) is 33.6 Å². The Hall–Kier alpha value is -2.55. The van der Waals surface area contributed by atoms with E-state index in [0.29, 0.717) is 5.56 Å². The van der Waals surface area contributed by atoms with E-state index in [1.165, 1.54) is 18.2 Å². The summed E-state index contributed by atoms with van der Waals surface area (Å²) in [7, 11) is 0. The summed E-state index contributed by atoms with van der Waals surface area (Å²) in [5.74, 6) is -0.326. The molecular weight excluding hydrogens is 333 g/mol. The SMILES string of the molecule is CCc1ccccc1F.CCc1ccccc1F.Cc1ccccc1F. The van der Waals surface area contributed by atoms with Crippen molar-refractivity contribution in [3.8, 4) is 0 Å². The molecule has 0 N–H and O–H groups in total. The molecule has 3 heteroatoms. The second-order valence-electron chi connectivity index (χ2n) is 5.64. The summed E-state index contributed by atoms with van der Waals surface area (Å²) in [6, 6.07) is 20.4. The molecule has 0 aliphatic heterocycles. The topological polar surface area (TPSA) is 0 Å². The van der Waals surface area contributed by atoms with E-state index in [9.17, 15) is 13.2 Å². The maximum absolute atomic E-state index is 12.6. The van der Waals surface area contributed by atoms with Gasteiger partial charge in [0, 0.05) is 0 Å². The van der Waals surface area contributed by atoms with Crippen molar-refractivity contribution in [1.29, 1.82) is 0 Å². The van der Waals surface area contributed by atoms with E-state index < -0.39 is 0 Å². The largest absolute Gasteiger partial charge is 0.207 e. The van der Waals surface area contributed by atoms with Crippen molar-refractivity contribution in [3.05, 3.63) is 107 Å². The zero-order valence-electron chi connectivity index (χ0n) is 15.5. The Balaban J connectivity index is 0.000000195. The lowest BCUT2D eigenvalue weighted by Crippen LogP contribution is -1.83. The monoisotopic (exact) mass is 358 g/mol. The number of hydrogen-bond donors (Lipinski definition) is 0. The lowest BCUT2D eigenvalue weighted by molar-refractivity contribution is 0.612. The third-order valence-electron chi connectivity index (χ3n) is 3.75. The molecule has 0 saturated heterocycles. The average molecular weight is 358 g/mol. The molecule has 0 bridgehead atoms. The summed E-state index contributed by atoms with van der Waals surface area (Å²) in [5.41, 5.74) is 2.28. The van der Waals surface area contributed by atoms with Crippen LogP contribution in [0.15, 0.2) is 72.8 Å². The summed E-state index contributed by atoms with van der Waals surface area (Å²) >= 11 is 0. The molecule has 0 fully saturated rings. The van der Waals surface area contributed by atoms with Crippen LogP contribution in [0, 0.1) is 24.4 Å². The fraction of sp³-hybridized carbons (Fsp3) is 0.217. The van der Waals surface area contributed by atoms with Gasteiger partial charge in [-0.3, -0.25) is 0 Å². The molecular formula is C23H25F3. The van der Waals surface area contributed by atoms with Gasteiger partial charge in [0.25, 0.3) is 0 Å². The minimum atomic E-state index is -0.132. The highest BCUT2D eigenvalue weighted by Crippen LogP contribution is 2.06. The van der Waals surface area contributed by atoms with Crippen LogP contribution in [-0.2, 0) is 12.8 Å². The van der Waals surface area contributed by atoms with E-state index in [-0.39, 0.29) is 17.5 Å². The maximum Gasteiger partial charge on any atom is 0.126 e. The molecule has 0 aliphatic rings. The van der Waals surface area contributed by atoms with Crippen LogP contribution in [0.2, 0.25) is 0 Å². The van der Waals surface area contributed by atoms with Crippen molar-refractivity contribution in [3.63, 3.8) is 0 Å². The Bertz CT molecular complexity index is 715. The van der Waals surface area contributed by atoms with Crippen molar-refractivity contribution in [2.75, 3.05) is 0 Å². The average Bonchev–Trinajstić information content (AvgIpc) is 2.66. The summed E-state index contributed by atoms with van der Waals surface area (Å²) < 4.78 is 37.5. The molecule has 138 valence electrons. The highest BCUT2D eigenvalue weighted by atomic mass is 19.1. The van der Waals surface area contributed by atoms with Crippen molar-refractivity contribution >= 4 is 0 Å². The molecule has 0 nitrogen and oxygen atoms in total. The molecule has 0 spiro atoms. The third-order valence-corrected chi connectivity index (χ3v) is 3.75. The number of aryl methyl sites for hydroxylation is 3. The summed E-state index contributed by atoms with van der Waals surface area (Å²) in [6.45, 7) is 5.63. The van der Waals surface area contributed by atoms with E-state index in [1.54, 1.807) is 43.3 Å². The normalized spacial score (nSPS) is 9.46. The van der Waals surface area contributed by atoms with E-state index in [0.717, 1.165) is 24.0 Å². The predicted molar refractivity (Wildman–Crippen MR) is 103 cm³/mol. The smallest absolute Gasteiger partial charge is 0.126 e. The first-order valence-corrected chi connectivity index (χ1v) is 8.67. The van der Waals surface area contributed by atoms with Crippen LogP contribution in [0.4, 0.5) is 13.2 Å². The lowest BCUT2D eigenvalue weighted by Gasteiger charge is -1.94. The summed E-state index contributed by atoms with van der Waals surface area (Å²) in [6.07, 6.45) is 1.54. The number of halogens is 3. The first kappa shape index (κ1) is 21.5. The molecule has 3 aromatic rings. The Morgan fingerprint density at radius 1 is 0.538 bits per heavy atom. The molecule has 0 aromatic heterocycles. The van der Waals surface area contributed by atoms with Crippen LogP contribution in [0.3, 0.4) is 0 Å². The Morgan fingerprint density at radius 2 is 0.885 bits per heavy atom. The van der Waals surface area contributed by atoms with Gasteiger partial charge in [-0.15, -0.1) is 0 Å². The van der Waals surface area contributed by atoms with E-state index in [2.05, 4.69) is 0 Å². The standard InChI is InChI=1S/2C8H9F.C7H7F/c2*1-2-7-5-3-4-6-8(7)9;1-6-4-2-3-5-7(6)8/h2*3-6H,2H2,1H3;2-5H,1H3. The van der Waals surface area contributed by atoms with Crippen LogP contribution < -0.4 is 0 Å². The zero-order chi connectivity index (χ0) is 19.4. The van der Waals surface area contributed by atoms with E-state index in [4.69, 9.17) is 0 Å². The molecule has 0 radical (unpaired) electrons. The van der Waals surface area contributed by atoms with E-state index in [1.807, 2.05) is 32.0 Å². The molecule has 0 atom stereocenters. The number of rotatable bonds is 2. The van der Waals surface area contributed by atoms with Crippen LogP contribution in [0.25, 0.3) is 0 Å². The molecule has 26 heavy (non-hydrogen) atoms. The Labute approximate surface area is 154 Å². The minimum absolute atomic E-state index is 0.0972. The third kappa shape index (κ3) is 7.56. The van der Waals surface area contributed by atoms with Gasteiger partial charge in [-0.1, -0.05) is 68.4 Å². The highest BCUT2D eigenvalue weighted by Gasteiger charge is 1.94. The van der Waals surface area contributed by atoms with Crippen LogP contribution >= 0.6 is 0 Å². The zero-order valence-corrected chi connectivity index (χ0v) is 15.5. The molecule has 0 saturated carbocycles. The Morgan fingerprint density at radius 3 is 1.12 bits per heavy atom. The molecule has 3 aromatic carbocycles. The minimum Gasteiger partial charge on any atom is -0.207 e. The number of benzene rings is 3. The van der Waals surface area contributed by atoms with Crippen LogP contribution in [0.1, 0.15) is 30.5 Å². The summed E-state index contributed by atoms with van der Waals surface area (Å²) in [4.78, 5) is 0. The maximum atomic E-state index is 12.6. The van der Waals surface area contributed by atoms with Gasteiger partial charge in [-0.25, -0.2) is 13.2 Å². The molecule has 0 unspecified atom stereocenters. The molecule has 0 amide bonds. The first-order chi connectivity index (χ1) is 12.5. The fourth-order valence-corrected chi connectivity index (χ4v) is 2.12. The van der Waals surface area contributed by atoms with E-state index >= 15 is 0 Å². The lowest BCUT2D eigenvalue weighted by atomic mass is 10.2. The molecule has 0 aliphatic carbocycles. The van der Waals surface area contributed by atoms with Crippen LogP contribution in [0.5, 0.6) is 0 Å². The van der Waals surface area contributed by atoms with Crippen LogP contribution in [-0.4, -0.2) is 0 Å². The predicted octanol–water partition coefficient (Wildman–Crippen LogP) is 6.91. The second kappa shape index (κ2) is 11.9. The highest BCUT2D eigenvalue weighted by molar-refractivity contribution is 5.17. The number of hydrogen-bond acceptors (Lipinski definition) is 0.